The third kappa shape index (κ3) is 3.84. The van der Waals surface area contributed by atoms with Crippen LogP contribution in [0.2, 0.25) is 0 Å². The maximum absolute atomic E-state index is 12.3. The van der Waals surface area contributed by atoms with E-state index in [0.717, 1.165) is 11.9 Å². The molecule has 0 radical (unpaired) electrons. The van der Waals surface area contributed by atoms with Gasteiger partial charge in [0.15, 0.2) is 0 Å². The minimum Gasteiger partial charge on any atom is -0.329 e. The summed E-state index contributed by atoms with van der Waals surface area (Å²) in [5, 5.41) is 0. The van der Waals surface area contributed by atoms with E-state index >= 15 is 0 Å². The van der Waals surface area contributed by atoms with Gasteiger partial charge in [0.05, 0.1) is 24.8 Å². The van der Waals surface area contributed by atoms with Crippen LogP contribution in [0, 0.1) is 0 Å². The summed E-state index contributed by atoms with van der Waals surface area (Å²) >= 11 is 0. The highest BCUT2D eigenvalue weighted by atomic mass is 32.2. The lowest BCUT2D eigenvalue weighted by atomic mass is 10.1. The molecule has 2 heterocycles. The van der Waals surface area contributed by atoms with Crippen molar-refractivity contribution < 1.29 is 16.8 Å². The van der Waals surface area contributed by atoms with Crippen molar-refractivity contribution in [2.45, 2.75) is 19.0 Å². The van der Waals surface area contributed by atoms with Gasteiger partial charge in [0.2, 0.25) is 10.0 Å². The summed E-state index contributed by atoms with van der Waals surface area (Å²) in [5.74, 6) is 0. The molecular weight excluding hydrogens is 330 g/mol. The zero-order valence-corrected chi connectivity index (χ0v) is 14.4. The lowest BCUT2D eigenvalue weighted by Gasteiger charge is -2.35. The maximum atomic E-state index is 12.3. The fourth-order valence-electron chi connectivity index (χ4n) is 2.40. The highest BCUT2D eigenvalue weighted by molar-refractivity contribution is 7.88. The Morgan fingerprint density at radius 1 is 1.36 bits per heavy atom. The number of nitrogens with zero attached hydrogens (tertiary/aromatic N) is 4. The van der Waals surface area contributed by atoms with Crippen molar-refractivity contribution in [1.29, 1.82) is 0 Å². The van der Waals surface area contributed by atoms with Crippen LogP contribution in [0.5, 0.6) is 0 Å². The number of aromatic nitrogens is 2. The van der Waals surface area contributed by atoms with Gasteiger partial charge in [-0.25, -0.2) is 18.1 Å². The molecule has 1 aliphatic heterocycles. The molecule has 0 aliphatic carbocycles. The Hall–Kier alpha value is -1.01. The molecule has 2 rings (SSSR count). The normalized spacial score (nSPS) is 20.3. The number of rotatable bonds is 6. The molecular formula is C11H21N5O4S2. The SMILES string of the molecule is CN(C)S(=O)(=O)N1Cc2cncn2[C@@H](CCNS(C)(=O)=O)C1. The van der Waals surface area contributed by atoms with Crippen molar-refractivity contribution in [2.75, 3.05) is 33.4 Å². The van der Waals surface area contributed by atoms with Gasteiger partial charge in [-0.1, -0.05) is 0 Å². The summed E-state index contributed by atoms with van der Waals surface area (Å²) in [6, 6.07) is -0.157. The van der Waals surface area contributed by atoms with Crippen LogP contribution in [-0.2, 0) is 26.8 Å². The molecule has 0 amide bonds. The molecule has 0 unspecified atom stereocenters. The summed E-state index contributed by atoms with van der Waals surface area (Å²) in [6.45, 7) is 0.794. The molecule has 1 aromatic rings. The summed E-state index contributed by atoms with van der Waals surface area (Å²) in [6.07, 6.45) is 4.86. The van der Waals surface area contributed by atoms with Crippen molar-refractivity contribution in [3.05, 3.63) is 18.2 Å². The van der Waals surface area contributed by atoms with Gasteiger partial charge in [0.25, 0.3) is 10.2 Å². The van der Waals surface area contributed by atoms with E-state index in [1.165, 1.54) is 22.7 Å². The van der Waals surface area contributed by atoms with E-state index in [1.807, 2.05) is 4.57 Å². The smallest absolute Gasteiger partial charge is 0.281 e. The number of nitrogens with one attached hydrogen (secondary N) is 1. The third-order valence-corrected chi connectivity index (χ3v) is 6.10. The lowest BCUT2D eigenvalue weighted by Crippen LogP contribution is -2.46. The molecule has 9 nitrogen and oxygen atoms in total. The number of hydrogen-bond donors (Lipinski definition) is 1. The average Bonchev–Trinajstić information content (AvgIpc) is 2.85. The molecule has 0 bridgehead atoms. The molecule has 1 aromatic heterocycles. The van der Waals surface area contributed by atoms with Crippen LogP contribution in [0.25, 0.3) is 0 Å². The largest absolute Gasteiger partial charge is 0.329 e. The van der Waals surface area contributed by atoms with Gasteiger partial charge < -0.3 is 4.57 Å². The van der Waals surface area contributed by atoms with Crippen molar-refractivity contribution in [1.82, 2.24) is 22.9 Å². The fourth-order valence-corrected chi connectivity index (χ4v) is 4.01. The molecule has 0 spiro atoms. The first kappa shape index (κ1) is 17.3. The summed E-state index contributed by atoms with van der Waals surface area (Å²) < 4.78 is 53.8. The lowest BCUT2D eigenvalue weighted by molar-refractivity contribution is 0.262. The first-order chi connectivity index (χ1) is 10.1. The van der Waals surface area contributed by atoms with E-state index in [0.29, 0.717) is 6.42 Å². The quantitative estimate of drug-likeness (QED) is 0.707. The van der Waals surface area contributed by atoms with Crippen LogP contribution in [0.4, 0.5) is 0 Å². The second-order valence-electron chi connectivity index (χ2n) is 5.48. The van der Waals surface area contributed by atoms with Crippen LogP contribution < -0.4 is 4.72 Å². The van der Waals surface area contributed by atoms with E-state index in [-0.39, 0.29) is 25.7 Å². The zero-order chi connectivity index (χ0) is 16.5. The third-order valence-electron chi connectivity index (χ3n) is 3.52. The molecule has 1 N–H and O–H groups in total. The van der Waals surface area contributed by atoms with Crippen LogP contribution in [0.1, 0.15) is 18.2 Å². The molecule has 1 aliphatic rings. The van der Waals surface area contributed by atoms with E-state index in [1.54, 1.807) is 12.5 Å². The van der Waals surface area contributed by atoms with Crippen LogP contribution >= 0.6 is 0 Å². The van der Waals surface area contributed by atoms with Crippen LogP contribution in [-0.4, -0.2) is 68.4 Å². The molecule has 22 heavy (non-hydrogen) atoms. The van der Waals surface area contributed by atoms with E-state index in [4.69, 9.17) is 0 Å². The molecule has 126 valence electrons. The first-order valence-corrected chi connectivity index (χ1v) is 10.0. The topological polar surface area (TPSA) is 105 Å². The highest BCUT2D eigenvalue weighted by Gasteiger charge is 2.33. The molecule has 0 saturated heterocycles. The van der Waals surface area contributed by atoms with Crippen LogP contribution in [0.15, 0.2) is 12.5 Å². The van der Waals surface area contributed by atoms with Crippen molar-refractivity contribution >= 4 is 20.2 Å². The van der Waals surface area contributed by atoms with E-state index in [2.05, 4.69) is 9.71 Å². The second-order valence-corrected chi connectivity index (χ2v) is 9.46. The zero-order valence-electron chi connectivity index (χ0n) is 12.8. The van der Waals surface area contributed by atoms with Crippen molar-refractivity contribution in [2.24, 2.45) is 0 Å². The number of hydrogen-bond acceptors (Lipinski definition) is 5. The Morgan fingerprint density at radius 3 is 2.64 bits per heavy atom. The Kier molecular flexibility index (Phi) is 4.92. The minimum absolute atomic E-state index is 0.157. The average molecular weight is 351 g/mol. The van der Waals surface area contributed by atoms with Gasteiger partial charge in [-0.15, -0.1) is 0 Å². The highest BCUT2D eigenvalue weighted by Crippen LogP contribution is 2.25. The predicted molar refractivity (Wildman–Crippen MR) is 81.7 cm³/mol. The standard InChI is InChI=1S/C11H21N5O4S2/c1-14(2)22(19,20)15-7-10(4-5-13-21(3,17)18)16-9-12-6-11(16)8-15/h6,9-10,13H,4-5,7-8H2,1-3H3/t10-/m0/s1. The van der Waals surface area contributed by atoms with E-state index in [9.17, 15) is 16.8 Å². The molecule has 0 fully saturated rings. The molecule has 0 aromatic carbocycles. The number of imidazole rings is 1. The fraction of sp³-hybridized carbons (Fsp3) is 0.727. The predicted octanol–water partition coefficient (Wildman–Crippen LogP) is -1.01. The Balaban J connectivity index is 2.16. The van der Waals surface area contributed by atoms with E-state index < -0.39 is 20.2 Å². The van der Waals surface area contributed by atoms with Gasteiger partial charge in [-0.05, 0) is 6.42 Å². The second kappa shape index (κ2) is 6.24. The Labute approximate surface area is 131 Å². The number of sulfonamides is 1. The Bertz CT molecular complexity index is 725. The summed E-state index contributed by atoms with van der Waals surface area (Å²) in [4.78, 5) is 4.06. The van der Waals surface area contributed by atoms with Crippen LogP contribution in [0.3, 0.4) is 0 Å². The van der Waals surface area contributed by atoms with Gasteiger partial charge in [-0.3, -0.25) is 0 Å². The Morgan fingerprint density at radius 2 is 2.05 bits per heavy atom. The van der Waals surface area contributed by atoms with Gasteiger partial charge in [0.1, 0.15) is 0 Å². The minimum atomic E-state index is -3.52. The summed E-state index contributed by atoms with van der Waals surface area (Å²) in [7, 11) is -3.80. The monoisotopic (exact) mass is 351 g/mol. The number of fused-ring (bicyclic) bond motifs is 1. The molecule has 11 heteroatoms. The van der Waals surface area contributed by atoms with Crippen molar-refractivity contribution in [3.63, 3.8) is 0 Å². The van der Waals surface area contributed by atoms with Crippen molar-refractivity contribution in [3.8, 4) is 0 Å². The molecule has 1 atom stereocenters. The van der Waals surface area contributed by atoms with Gasteiger partial charge in [0, 0.05) is 39.4 Å². The summed E-state index contributed by atoms with van der Waals surface area (Å²) in [5.41, 5.74) is 0.793. The first-order valence-electron chi connectivity index (χ1n) is 6.74. The maximum Gasteiger partial charge on any atom is 0.281 e. The molecule has 0 saturated carbocycles. The van der Waals surface area contributed by atoms with Gasteiger partial charge >= 0.3 is 0 Å². The van der Waals surface area contributed by atoms with Gasteiger partial charge in [-0.2, -0.15) is 17.0 Å².